The van der Waals surface area contributed by atoms with E-state index in [1.807, 2.05) is 18.2 Å². The molecule has 0 amide bonds. The molecule has 0 saturated carbocycles. The number of rotatable bonds is 9. The minimum Gasteiger partial charge on any atom is -0.493 e. The van der Waals surface area contributed by atoms with Gasteiger partial charge in [-0.2, -0.15) is 0 Å². The highest BCUT2D eigenvalue weighted by Gasteiger charge is 2.16. The summed E-state index contributed by atoms with van der Waals surface area (Å²) in [4.78, 5) is 2.22. The van der Waals surface area contributed by atoms with E-state index in [-0.39, 0.29) is 6.61 Å². The van der Waals surface area contributed by atoms with Crippen LogP contribution in [0, 0.1) is 0 Å². The zero-order valence-electron chi connectivity index (χ0n) is 12.9. The minimum absolute atomic E-state index is 0.135. The van der Waals surface area contributed by atoms with Gasteiger partial charge in [0.1, 0.15) is 5.75 Å². The standard InChI is InChI=1S/C16H28N2O2/c1-4-9-20-16-11-13(17)10-15(12-16)18(7-8-19)14(5-2)6-3/h10-12,14,19H,4-9,17H2,1-3H3. The molecule has 0 fully saturated rings. The average Bonchev–Trinajstić information content (AvgIpc) is 2.44. The lowest BCUT2D eigenvalue weighted by Crippen LogP contribution is -2.36. The van der Waals surface area contributed by atoms with E-state index >= 15 is 0 Å². The molecule has 1 aromatic rings. The predicted octanol–water partition coefficient (Wildman–Crippen LogP) is 3.04. The van der Waals surface area contributed by atoms with Crippen LogP contribution >= 0.6 is 0 Å². The van der Waals surface area contributed by atoms with Crippen LogP contribution in [0.15, 0.2) is 18.2 Å². The fraction of sp³-hybridized carbons (Fsp3) is 0.625. The molecule has 0 radical (unpaired) electrons. The van der Waals surface area contributed by atoms with Crippen LogP contribution in [0.3, 0.4) is 0 Å². The van der Waals surface area contributed by atoms with Gasteiger partial charge in [0, 0.05) is 36.1 Å². The fourth-order valence-electron chi connectivity index (χ4n) is 2.43. The van der Waals surface area contributed by atoms with E-state index in [0.717, 1.165) is 30.7 Å². The van der Waals surface area contributed by atoms with Crippen LogP contribution in [-0.2, 0) is 0 Å². The highest BCUT2D eigenvalue weighted by molar-refractivity contribution is 5.61. The number of nitrogens with two attached hydrogens (primary N) is 1. The molecule has 3 N–H and O–H groups in total. The molecule has 4 heteroatoms. The van der Waals surface area contributed by atoms with Crippen LogP contribution in [0.5, 0.6) is 5.75 Å². The summed E-state index contributed by atoms with van der Waals surface area (Å²) in [5.74, 6) is 0.802. The molecule has 0 atom stereocenters. The summed E-state index contributed by atoms with van der Waals surface area (Å²) in [6, 6.07) is 6.22. The zero-order valence-corrected chi connectivity index (χ0v) is 12.9. The van der Waals surface area contributed by atoms with Crippen LogP contribution < -0.4 is 15.4 Å². The molecule has 1 rings (SSSR count). The maximum Gasteiger partial charge on any atom is 0.123 e. The largest absolute Gasteiger partial charge is 0.493 e. The highest BCUT2D eigenvalue weighted by Crippen LogP contribution is 2.28. The van der Waals surface area contributed by atoms with Gasteiger partial charge < -0.3 is 20.5 Å². The maximum atomic E-state index is 9.31. The number of benzene rings is 1. The van der Waals surface area contributed by atoms with Crippen molar-refractivity contribution in [3.63, 3.8) is 0 Å². The third kappa shape index (κ3) is 4.60. The molecule has 114 valence electrons. The lowest BCUT2D eigenvalue weighted by Gasteiger charge is -2.32. The minimum atomic E-state index is 0.135. The molecule has 0 aliphatic carbocycles. The van der Waals surface area contributed by atoms with Crippen molar-refractivity contribution in [2.24, 2.45) is 0 Å². The van der Waals surface area contributed by atoms with Crippen LogP contribution in [0.4, 0.5) is 11.4 Å². The smallest absolute Gasteiger partial charge is 0.123 e. The van der Waals surface area contributed by atoms with Gasteiger partial charge in [-0.05, 0) is 25.3 Å². The summed E-state index contributed by atoms with van der Waals surface area (Å²) in [6.07, 6.45) is 3.05. The normalized spacial score (nSPS) is 10.8. The lowest BCUT2D eigenvalue weighted by atomic mass is 10.1. The van der Waals surface area contributed by atoms with Gasteiger partial charge in [0.25, 0.3) is 0 Å². The van der Waals surface area contributed by atoms with Crippen molar-refractivity contribution in [3.05, 3.63) is 18.2 Å². The summed E-state index contributed by atoms with van der Waals surface area (Å²) < 4.78 is 5.68. The van der Waals surface area contributed by atoms with Crippen LogP contribution in [0.1, 0.15) is 40.0 Å². The molecule has 0 aliphatic rings. The first-order valence-corrected chi connectivity index (χ1v) is 7.57. The Morgan fingerprint density at radius 3 is 2.45 bits per heavy atom. The second-order valence-electron chi connectivity index (χ2n) is 5.00. The van der Waals surface area contributed by atoms with E-state index in [0.29, 0.717) is 24.9 Å². The Labute approximate surface area is 122 Å². The first-order valence-electron chi connectivity index (χ1n) is 7.57. The predicted molar refractivity (Wildman–Crippen MR) is 85.4 cm³/mol. The lowest BCUT2D eigenvalue weighted by molar-refractivity contribution is 0.295. The van der Waals surface area contributed by atoms with Crippen molar-refractivity contribution in [1.82, 2.24) is 0 Å². The molecule has 1 aromatic carbocycles. The Balaban J connectivity index is 3.02. The zero-order chi connectivity index (χ0) is 15.0. The number of hydrogen-bond donors (Lipinski definition) is 2. The van der Waals surface area contributed by atoms with Gasteiger partial charge in [0.15, 0.2) is 0 Å². The average molecular weight is 280 g/mol. The molecule has 0 spiro atoms. The molecule has 0 aromatic heterocycles. The van der Waals surface area contributed by atoms with Gasteiger partial charge in [-0.15, -0.1) is 0 Å². The number of ether oxygens (including phenoxy) is 1. The number of nitrogens with zero attached hydrogens (tertiary/aromatic N) is 1. The van der Waals surface area contributed by atoms with Crippen molar-refractivity contribution in [3.8, 4) is 5.75 Å². The Kier molecular flexibility index (Phi) is 7.23. The highest BCUT2D eigenvalue weighted by atomic mass is 16.5. The van der Waals surface area contributed by atoms with Crippen LogP contribution in [0.2, 0.25) is 0 Å². The molecule has 0 bridgehead atoms. The summed E-state index contributed by atoms with van der Waals surface area (Å²) in [7, 11) is 0. The van der Waals surface area contributed by atoms with E-state index in [4.69, 9.17) is 10.5 Å². The molecule has 4 nitrogen and oxygen atoms in total. The molecule has 0 heterocycles. The van der Waals surface area contributed by atoms with Crippen LogP contribution in [-0.4, -0.2) is 30.9 Å². The van der Waals surface area contributed by atoms with E-state index in [2.05, 4.69) is 25.7 Å². The van der Waals surface area contributed by atoms with Crippen molar-refractivity contribution in [2.75, 3.05) is 30.4 Å². The SMILES string of the molecule is CCCOc1cc(N)cc(N(CCO)C(CC)CC)c1. The molecule has 0 unspecified atom stereocenters. The summed E-state index contributed by atoms with van der Waals surface area (Å²) in [5.41, 5.74) is 7.70. The van der Waals surface area contributed by atoms with Gasteiger partial charge in [-0.3, -0.25) is 0 Å². The summed E-state index contributed by atoms with van der Waals surface area (Å²) in [5, 5.41) is 9.31. The summed E-state index contributed by atoms with van der Waals surface area (Å²) in [6.45, 7) is 7.85. The van der Waals surface area contributed by atoms with Gasteiger partial charge in [0.05, 0.1) is 13.2 Å². The fourth-order valence-corrected chi connectivity index (χ4v) is 2.43. The van der Waals surface area contributed by atoms with E-state index < -0.39 is 0 Å². The number of anilines is 2. The molecular weight excluding hydrogens is 252 g/mol. The van der Waals surface area contributed by atoms with Crippen molar-refractivity contribution < 1.29 is 9.84 Å². The Hall–Kier alpha value is -1.42. The number of hydrogen-bond acceptors (Lipinski definition) is 4. The Bertz CT molecular complexity index is 392. The van der Waals surface area contributed by atoms with E-state index in [1.54, 1.807) is 0 Å². The van der Waals surface area contributed by atoms with Crippen molar-refractivity contribution in [1.29, 1.82) is 0 Å². The van der Waals surface area contributed by atoms with Crippen LogP contribution in [0.25, 0.3) is 0 Å². The molecule has 0 saturated heterocycles. The number of nitrogen functional groups attached to an aromatic ring is 1. The van der Waals surface area contributed by atoms with Gasteiger partial charge in [0.2, 0.25) is 0 Å². The first kappa shape index (κ1) is 16.6. The Morgan fingerprint density at radius 1 is 1.20 bits per heavy atom. The Morgan fingerprint density at radius 2 is 1.90 bits per heavy atom. The van der Waals surface area contributed by atoms with Crippen molar-refractivity contribution >= 4 is 11.4 Å². The molecular formula is C16H28N2O2. The van der Waals surface area contributed by atoms with Gasteiger partial charge in [-0.25, -0.2) is 0 Å². The second-order valence-corrected chi connectivity index (χ2v) is 5.00. The first-order chi connectivity index (χ1) is 9.65. The third-order valence-electron chi connectivity index (χ3n) is 3.44. The summed E-state index contributed by atoms with van der Waals surface area (Å²) >= 11 is 0. The number of aliphatic hydroxyl groups excluding tert-OH is 1. The topological polar surface area (TPSA) is 58.7 Å². The van der Waals surface area contributed by atoms with Crippen molar-refractivity contribution in [2.45, 2.75) is 46.1 Å². The van der Waals surface area contributed by atoms with E-state index in [9.17, 15) is 5.11 Å². The van der Waals surface area contributed by atoms with E-state index in [1.165, 1.54) is 0 Å². The monoisotopic (exact) mass is 280 g/mol. The maximum absolute atomic E-state index is 9.31. The molecule has 0 aliphatic heterocycles. The quantitative estimate of drug-likeness (QED) is 0.683. The number of aliphatic hydroxyl groups is 1. The van der Waals surface area contributed by atoms with Gasteiger partial charge >= 0.3 is 0 Å². The second kappa shape index (κ2) is 8.69. The third-order valence-corrected chi connectivity index (χ3v) is 3.44. The van der Waals surface area contributed by atoms with Gasteiger partial charge in [-0.1, -0.05) is 20.8 Å². The molecule has 20 heavy (non-hydrogen) atoms.